The monoisotopic (exact) mass is 325 g/mol. The first-order valence-corrected chi connectivity index (χ1v) is 9.64. The molecule has 1 nitrogen and oxygen atoms in total. The van der Waals surface area contributed by atoms with Gasteiger partial charge in [-0.25, -0.2) is 0 Å². The summed E-state index contributed by atoms with van der Waals surface area (Å²) in [6, 6.07) is 17.7. The Morgan fingerprint density at radius 1 is 0.625 bits per heavy atom. The molecular weight excluding hydrogens is 290 g/mol. The van der Waals surface area contributed by atoms with E-state index < -0.39 is 0 Å². The Labute approximate surface area is 149 Å². The maximum Gasteiger partial charge on any atom is 0.0340 e. The Hall–Kier alpha value is -1.76. The molecule has 132 valence electrons. The minimum absolute atomic E-state index is 0.993. The fourth-order valence-electron chi connectivity index (χ4n) is 2.80. The van der Waals surface area contributed by atoms with Crippen LogP contribution in [0.3, 0.4) is 0 Å². The Kier molecular flexibility index (Phi) is 10.7. The molecule has 0 unspecified atom stereocenters. The maximum absolute atomic E-state index is 3.28. The third-order valence-corrected chi connectivity index (χ3v) is 3.94. The van der Waals surface area contributed by atoms with Crippen molar-refractivity contribution in [3.63, 3.8) is 0 Å². The van der Waals surface area contributed by atoms with Crippen molar-refractivity contribution in [2.24, 2.45) is 0 Å². The lowest BCUT2D eigenvalue weighted by atomic mass is 10.0. The van der Waals surface area contributed by atoms with Gasteiger partial charge in [-0.05, 0) is 55.0 Å². The molecule has 0 saturated carbocycles. The maximum atomic E-state index is 3.28. The van der Waals surface area contributed by atoms with E-state index in [1.807, 2.05) is 0 Å². The van der Waals surface area contributed by atoms with Gasteiger partial charge in [-0.3, -0.25) is 0 Å². The lowest BCUT2D eigenvalue weighted by Gasteiger charge is -2.03. The Morgan fingerprint density at radius 3 is 1.58 bits per heavy atom. The van der Waals surface area contributed by atoms with Gasteiger partial charge >= 0.3 is 0 Å². The molecule has 0 heterocycles. The average Bonchev–Trinajstić information content (AvgIpc) is 2.59. The van der Waals surface area contributed by atoms with E-state index in [0.29, 0.717) is 0 Å². The topological polar surface area (TPSA) is 12.0 Å². The van der Waals surface area contributed by atoms with E-state index >= 15 is 0 Å². The normalized spacial score (nSPS) is 10.0. The van der Waals surface area contributed by atoms with E-state index in [1.165, 1.54) is 60.9 Å². The molecule has 0 bridgehead atoms. The van der Waals surface area contributed by atoms with E-state index in [-0.39, 0.29) is 0 Å². The molecule has 0 aliphatic rings. The molecule has 2 aromatic carbocycles. The van der Waals surface area contributed by atoms with Gasteiger partial charge in [-0.1, -0.05) is 76.4 Å². The number of rotatable bonds is 8. The van der Waals surface area contributed by atoms with Crippen LogP contribution in [0.4, 0.5) is 5.69 Å². The Morgan fingerprint density at radius 2 is 1.12 bits per heavy atom. The minimum atomic E-state index is 0.993. The highest BCUT2D eigenvalue weighted by atomic mass is 14.8. The van der Waals surface area contributed by atoms with Crippen molar-refractivity contribution in [2.45, 2.75) is 66.2 Å². The second-order valence-corrected chi connectivity index (χ2v) is 6.30. The second-order valence-electron chi connectivity index (χ2n) is 6.30. The van der Waals surface area contributed by atoms with Gasteiger partial charge in [-0.15, -0.1) is 0 Å². The highest BCUT2D eigenvalue weighted by Gasteiger charge is 1.93. The van der Waals surface area contributed by atoms with Gasteiger partial charge in [0, 0.05) is 12.2 Å². The van der Waals surface area contributed by atoms with Crippen LogP contribution in [-0.2, 0) is 19.3 Å². The van der Waals surface area contributed by atoms with Crippen LogP contribution in [0.5, 0.6) is 0 Å². The molecule has 1 N–H and O–H groups in total. The molecule has 0 fully saturated rings. The van der Waals surface area contributed by atoms with Gasteiger partial charge in [0.25, 0.3) is 0 Å². The quantitative estimate of drug-likeness (QED) is 0.572. The lowest BCUT2D eigenvalue weighted by Crippen LogP contribution is -1.95. The number of hydrogen-bond donors (Lipinski definition) is 1. The largest absolute Gasteiger partial charge is 0.385 e. The summed E-state index contributed by atoms with van der Waals surface area (Å²) in [7, 11) is 0. The zero-order chi connectivity index (χ0) is 17.6. The van der Waals surface area contributed by atoms with Gasteiger partial charge in [0.1, 0.15) is 0 Å². The summed E-state index contributed by atoms with van der Waals surface area (Å²) in [4.78, 5) is 0. The number of benzene rings is 2. The molecule has 0 aliphatic carbocycles. The zero-order valence-electron chi connectivity index (χ0n) is 16.1. The fraction of sp³-hybridized carbons (Fsp3) is 0.478. The van der Waals surface area contributed by atoms with Crippen LogP contribution in [0.1, 0.15) is 63.6 Å². The van der Waals surface area contributed by atoms with E-state index in [1.54, 1.807) is 0 Å². The van der Waals surface area contributed by atoms with Crippen LogP contribution in [0.2, 0.25) is 0 Å². The Bertz CT molecular complexity index is 496. The molecule has 0 spiro atoms. The summed E-state index contributed by atoms with van der Waals surface area (Å²) in [5.41, 5.74) is 5.63. The van der Waals surface area contributed by atoms with Crippen molar-refractivity contribution >= 4 is 5.69 Å². The molecular formula is C23H35N. The van der Waals surface area contributed by atoms with Gasteiger partial charge in [0.2, 0.25) is 0 Å². The van der Waals surface area contributed by atoms with Crippen LogP contribution < -0.4 is 5.32 Å². The highest BCUT2D eigenvalue weighted by molar-refractivity contribution is 5.44. The third kappa shape index (κ3) is 8.19. The summed E-state index contributed by atoms with van der Waals surface area (Å²) >= 11 is 0. The first-order chi connectivity index (χ1) is 11.7. The molecule has 1 heteroatoms. The highest BCUT2D eigenvalue weighted by Crippen LogP contribution is 2.10. The first-order valence-electron chi connectivity index (χ1n) is 9.64. The molecule has 0 amide bonds. The van der Waals surface area contributed by atoms with Gasteiger partial charge in [0.15, 0.2) is 0 Å². The molecule has 24 heavy (non-hydrogen) atoms. The first kappa shape index (κ1) is 20.3. The van der Waals surface area contributed by atoms with Crippen LogP contribution >= 0.6 is 0 Å². The molecule has 0 atom stereocenters. The molecule has 0 aliphatic heterocycles. The summed E-state index contributed by atoms with van der Waals surface area (Å²) in [5, 5.41) is 3.28. The van der Waals surface area contributed by atoms with Crippen LogP contribution in [-0.4, -0.2) is 6.54 Å². The van der Waals surface area contributed by atoms with Gasteiger partial charge in [-0.2, -0.15) is 0 Å². The Balaban J connectivity index is 0.000000240. The number of nitrogens with one attached hydrogen (secondary N) is 1. The van der Waals surface area contributed by atoms with Crippen LogP contribution in [0, 0.1) is 0 Å². The van der Waals surface area contributed by atoms with Crippen LogP contribution in [0.25, 0.3) is 0 Å². The summed E-state index contributed by atoms with van der Waals surface area (Å²) in [5.74, 6) is 0. The van der Waals surface area contributed by atoms with Gasteiger partial charge in [0.05, 0.1) is 0 Å². The number of hydrogen-bond acceptors (Lipinski definition) is 1. The third-order valence-electron chi connectivity index (χ3n) is 3.94. The van der Waals surface area contributed by atoms with Crippen molar-refractivity contribution in [2.75, 3.05) is 11.9 Å². The number of aryl methyl sites for hydroxylation is 3. The summed E-state index contributed by atoms with van der Waals surface area (Å²) in [6.45, 7) is 9.77. The molecule has 0 radical (unpaired) electrons. The van der Waals surface area contributed by atoms with Gasteiger partial charge < -0.3 is 5.32 Å². The predicted molar refractivity (Wildman–Crippen MR) is 109 cm³/mol. The summed E-state index contributed by atoms with van der Waals surface area (Å²) < 4.78 is 0. The van der Waals surface area contributed by atoms with Crippen molar-refractivity contribution < 1.29 is 0 Å². The molecule has 2 rings (SSSR count). The van der Waals surface area contributed by atoms with E-state index in [2.05, 4.69) is 81.5 Å². The lowest BCUT2D eigenvalue weighted by molar-refractivity contribution is 0.895. The standard InChI is InChI=1S/C12H18.C11H17N/c1-3-6-11-8-5-9-12(10-11)7-4-2;1-3-5-10-6-8-11(9-7-10)12-4-2/h5,8-10H,3-4,6-7H2,1-2H3;6-9,12H,3-5H2,1-2H3. The van der Waals surface area contributed by atoms with E-state index in [9.17, 15) is 0 Å². The molecule has 2 aromatic rings. The number of anilines is 1. The minimum Gasteiger partial charge on any atom is -0.385 e. The molecule has 0 aromatic heterocycles. The molecule has 0 saturated heterocycles. The SMILES string of the molecule is CCCc1ccc(NCC)cc1.CCCc1cccc(CCC)c1. The smallest absolute Gasteiger partial charge is 0.0340 e. The average molecular weight is 326 g/mol. The van der Waals surface area contributed by atoms with Crippen molar-refractivity contribution in [1.82, 2.24) is 0 Å². The van der Waals surface area contributed by atoms with Crippen molar-refractivity contribution in [1.29, 1.82) is 0 Å². The predicted octanol–water partition coefficient (Wildman–Crippen LogP) is 6.66. The zero-order valence-corrected chi connectivity index (χ0v) is 16.1. The second kappa shape index (κ2) is 12.6. The van der Waals surface area contributed by atoms with Crippen molar-refractivity contribution in [3.8, 4) is 0 Å². The summed E-state index contributed by atoms with van der Waals surface area (Å²) in [6.07, 6.45) is 7.34. The van der Waals surface area contributed by atoms with Crippen molar-refractivity contribution in [3.05, 3.63) is 65.2 Å². The fourth-order valence-corrected chi connectivity index (χ4v) is 2.80. The van der Waals surface area contributed by atoms with Crippen LogP contribution in [0.15, 0.2) is 48.5 Å². The van der Waals surface area contributed by atoms with E-state index in [0.717, 1.165) is 6.54 Å². The van der Waals surface area contributed by atoms with E-state index in [4.69, 9.17) is 0 Å².